The molecule has 0 aliphatic carbocycles. The van der Waals surface area contributed by atoms with Crippen molar-refractivity contribution in [2.45, 2.75) is 13.8 Å². The lowest BCUT2D eigenvalue weighted by Gasteiger charge is -2.17. The molecule has 0 bridgehead atoms. The number of amides is 1. The molecule has 0 spiro atoms. The van der Waals surface area contributed by atoms with E-state index in [0.717, 1.165) is 5.70 Å². The van der Waals surface area contributed by atoms with E-state index in [0.29, 0.717) is 24.5 Å². The molecule has 1 N–H and O–H groups in total. The second kappa shape index (κ2) is 9.76. The van der Waals surface area contributed by atoms with Crippen LogP contribution in [0.5, 0.6) is 0 Å². The molecule has 0 unspecified atom stereocenters. The maximum Gasteiger partial charge on any atom is 0.211 e. The number of ether oxygens (including phenoxy) is 1. The van der Waals surface area contributed by atoms with Gasteiger partial charge in [-0.2, -0.15) is 0 Å². The van der Waals surface area contributed by atoms with Gasteiger partial charge in [-0.15, -0.1) is 0 Å². The SMILES string of the molecule is C=C/C(=C/N(C)C(/C=C\C)=C/C(=C)OCC)NC=O. The average molecular weight is 262 g/mol. The van der Waals surface area contributed by atoms with Crippen LogP contribution in [0.15, 0.2) is 60.8 Å². The van der Waals surface area contributed by atoms with Gasteiger partial charge in [-0.3, -0.25) is 4.79 Å². The van der Waals surface area contributed by atoms with Crippen LogP contribution in [-0.4, -0.2) is 25.0 Å². The highest BCUT2D eigenvalue weighted by molar-refractivity contribution is 5.51. The Labute approximate surface area is 115 Å². The van der Waals surface area contributed by atoms with Crippen LogP contribution in [0.2, 0.25) is 0 Å². The fourth-order valence-electron chi connectivity index (χ4n) is 1.33. The van der Waals surface area contributed by atoms with E-state index >= 15 is 0 Å². The summed E-state index contributed by atoms with van der Waals surface area (Å²) >= 11 is 0. The summed E-state index contributed by atoms with van der Waals surface area (Å²) in [6, 6.07) is 0. The molecule has 0 radical (unpaired) electrons. The largest absolute Gasteiger partial charge is 0.494 e. The first-order valence-corrected chi connectivity index (χ1v) is 6.02. The maximum atomic E-state index is 10.4. The zero-order valence-electron chi connectivity index (χ0n) is 11.8. The molecule has 0 aromatic rings. The normalized spacial score (nSPS) is 12.2. The molecule has 0 atom stereocenters. The molecular formula is C15H22N2O2. The third-order valence-electron chi connectivity index (χ3n) is 2.16. The fourth-order valence-corrected chi connectivity index (χ4v) is 1.33. The average Bonchev–Trinajstić information content (AvgIpc) is 2.37. The predicted molar refractivity (Wildman–Crippen MR) is 78.9 cm³/mol. The molecule has 0 rings (SSSR count). The third kappa shape index (κ3) is 6.93. The van der Waals surface area contributed by atoms with Gasteiger partial charge in [0.1, 0.15) is 5.76 Å². The van der Waals surface area contributed by atoms with Crippen molar-refractivity contribution in [3.05, 3.63) is 60.8 Å². The summed E-state index contributed by atoms with van der Waals surface area (Å²) < 4.78 is 5.30. The van der Waals surface area contributed by atoms with Gasteiger partial charge in [-0.05, 0) is 26.0 Å². The summed E-state index contributed by atoms with van der Waals surface area (Å²) in [6.45, 7) is 11.8. The molecule has 0 heterocycles. The number of hydrogen-bond donors (Lipinski definition) is 1. The van der Waals surface area contributed by atoms with Gasteiger partial charge in [0.2, 0.25) is 6.41 Å². The Morgan fingerprint density at radius 2 is 2.16 bits per heavy atom. The Morgan fingerprint density at radius 1 is 1.47 bits per heavy atom. The second-order valence-electron chi connectivity index (χ2n) is 3.63. The molecule has 0 saturated heterocycles. The molecule has 4 nitrogen and oxygen atoms in total. The van der Waals surface area contributed by atoms with Gasteiger partial charge in [0, 0.05) is 25.0 Å². The van der Waals surface area contributed by atoms with Gasteiger partial charge in [0.05, 0.1) is 12.3 Å². The molecule has 0 aromatic carbocycles. The van der Waals surface area contributed by atoms with Crippen LogP contribution >= 0.6 is 0 Å². The van der Waals surface area contributed by atoms with Gasteiger partial charge < -0.3 is 15.0 Å². The Hall–Kier alpha value is -2.23. The first-order chi connectivity index (χ1) is 9.08. The van der Waals surface area contributed by atoms with Gasteiger partial charge >= 0.3 is 0 Å². The monoisotopic (exact) mass is 262 g/mol. The minimum Gasteiger partial charge on any atom is -0.494 e. The van der Waals surface area contributed by atoms with Crippen molar-refractivity contribution in [2.24, 2.45) is 0 Å². The summed E-state index contributed by atoms with van der Waals surface area (Å²) in [7, 11) is 1.86. The van der Waals surface area contributed by atoms with Crippen LogP contribution in [0.3, 0.4) is 0 Å². The second-order valence-corrected chi connectivity index (χ2v) is 3.63. The summed E-state index contributed by atoms with van der Waals surface area (Å²) in [4.78, 5) is 12.3. The van der Waals surface area contributed by atoms with Gasteiger partial charge in [0.15, 0.2) is 0 Å². The molecule has 4 heteroatoms. The van der Waals surface area contributed by atoms with Crippen LogP contribution in [0.1, 0.15) is 13.8 Å². The van der Waals surface area contributed by atoms with Crippen molar-refractivity contribution in [3.8, 4) is 0 Å². The van der Waals surface area contributed by atoms with Crippen LogP contribution in [0, 0.1) is 0 Å². The molecular weight excluding hydrogens is 240 g/mol. The third-order valence-corrected chi connectivity index (χ3v) is 2.16. The highest BCUT2D eigenvalue weighted by atomic mass is 16.5. The first kappa shape index (κ1) is 16.8. The molecule has 0 aliphatic rings. The van der Waals surface area contributed by atoms with E-state index in [1.807, 2.05) is 44.0 Å². The minimum absolute atomic E-state index is 0.572. The van der Waals surface area contributed by atoms with Gasteiger partial charge in [0.25, 0.3) is 0 Å². The van der Waals surface area contributed by atoms with Crippen molar-refractivity contribution < 1.29 is 9.53 Å². The van der Waals surface area contributed by atoms with Crippen molar-refractivity contribution in [1.29, 1.82) is 0 Å². The Morgan fingerprint density at radius 3 is 2.63 bits per heavy atom. The quantitative estimate of drug-likeness (QED) is 0.394. The number of rotatable bonds is 9. The van der Waals surface area contributed by atoms with E-state index in [2.05, 4.69) is 18.5 Å². The van der Waals surface area contributed by atoms with E-state index in [9.17, 15) is 4.79 Å². The number of carbonyl (C=O) groups is 1. The molecule has 1 amide bonds. The molecule has 0 fully saturated rings. The van der Waals surface area contributed by atoms with E-state index in [-0.39, 0.29) is 0 Å². The van der Waals surface area contributed by atoms with Crippen molar-refractivity contribution in [3.63, 3.8) is 0 Å². The molecule has 104 valence electrons. The number of likely N-dealkylation sites (N-methyl/N-ethyl adjacent to an activating group) is 1. The van der Waals surface area contributed by atoms with E-state index < -0.39 is 0 Å². The van der Waals surface area contributed by atoms with E-state index in [4.69, 9.17) is 4.74 Å². The predicted octanol–water partition coefficient (Wildman–Crippen LogP) is 2.70. The standard InChI is InChI=1S/C15H22N2O2/c1-6-9-15(10-13(4)19-8-3)17(5)11-14(7-2)16-12-18/h6-7,9-12H,2,4,8H2,1,3,5H3,(H,16,18)/b9-6-,14-11-,15-10+. The maximum absolute atomic E-state index is 10.4. The van der Waals surface area contributed by atoms with Crippen molar-refractivity contribution in [1.82, 2.24) is 10.2 Å². The molecule has 0 aromatic heterocycles. The lowest BCUT2D eigenvalue weighted by atomic mass is 10.3. The Kier molecular flexibility index (Phi) is 8.62. The van der Waals surface area contributed by atoms with E-state index in [1.165, 1.54) is 0 Å². The van der Waals surface area contributed by atoms with Crippen LogP contribution < -0.4 is 5.32 Å². The first-order valence-electron chi connectivity index (χ1n) is 6.02. The Balaban J connectivity index is 5.12. The summed E-state index contributed by atoms with van der Waals surface area (Å²) in [6.07, 6.45) is 9.58. The zero-order chi connectivity index (χ0) is 14.7. The molecule has 19 heavy (non-hydrogen) atoms. The summed E-state index contributed by atoms with van der Waals surface area (Å²) in [5.74, 6) is 0.583. The van der Waals surface area contributed by atoms with Gasteiger partial charge in [-0.25, -0.2) is 0 Å². The molecule has 0 saturated carbocycles. The zero-order valence-corrected chi connectivity index (χ0v) is 11.8. The summed E-state index contributed by atoms with van der Waals surface area (Å²) in [5, 5.41) is 2.55. The van der Waals surface area contributed by atoms with Crippen molar-refractivity contribution in [2.75, 3.05) is 13.7 Å². The fraction of sp³-hybridized carbons (Fsp3) is 0.267. The lowest BCUT2D eigenvalue weighted by Crippen LogP contribution is -2.15. The highest BCUT2D eigenvalue weighted by Crippen LogP contribution is 2.10. The topological polar surface area (TPSA) is 41.6 Å². The van der Waals surface area contributed by atoms with Crippen molar-refractivity contribution >= 4 is 6.41 Å². The highest BCUT2D eigenvalue weighted by Gasteiger charge is 2.01. The smallest absolute Gasteiger partial charge is 0.211 e. The minimum atomic E-state index is 0.572. The number of carbonyl (C=O) groups excluding carboxylic acids is 1. The summed E-state index contributed by atoms with van der Waals surface area (Å²) in [5.41, 5.74) is 1.49. The lowest BCUT2D eigenvalue weighted by molar-refractivity contribution is -0.108. The number of hydrogen-bond acceptors (Lipinski definition) is 3. The number of nitrogens with zero attached hydrogens (tertiary/aromatic N) is 1. The van der Waals surface area contributed by atoms with Gasteiger partial charge in [-0.1, -0.05) is 19.2 Å². The van der Waals surface area contributed by atoms with Crippen LogP contribution in [0.4, 0.5) is 0 Å². The van der Waals surface area contributed by atoms with E-state index in [1.54, 1.807) is 12.3 Å². The molecule has 0 aliphatic heterocycles. The number of nitrogens with one attached hydrogen (secondary N) is 1. The van der Waals surface area contributed by atoms with Crippen LogP contribution in [-0.2, 0) is 9.53 Å². The Bertz CT molecular complexity index is 406. The number of allylic oxidation sites excluding steroid dienone is 4. The van der Waals surface area contributed by atoms with Crippen LogP contribution in [0.25, 0.3) is 0 Å².